The van der Waals surface area contributed by atoms with Crippen LogP contribution in [0.15, 0.2) is 71.8 Å². The van der Waals surface area contributed by atoms with Crippen LogP contribution in [0.4, 0.5) is 0 Å². The lowest BCUT2D eigenvalue weighted by Gasteiger charge is -2.19. The molecule has 0 saturated heterocycles. The molecule has 3 aromatic heterocycles. The Morgan fingerprint density at radius 2 is 1.94 bits per heavy atom. The molecule has 1 aliphatic rings. The maximum absolute atomic E-state index is 13.2. The molecule has 0 saturated carbocycles. The molecular formula is C26H24N3O3+. The number of para-hydroxylation sites is 1. The second kappa shape index (κ2) is 8.04. The number of pyridine rings is 3. The average molecular weight is 426 g/mol. The first kappa shape index (κ1) is 20.1. The molecule has 6 heteroatoms. The molecular weight excluding hydrogens is 402 g/mol. The molecule has 0 N–H and O–H groups in total. The first-order chi connectivity index (χ1) is 15.5. The number of hydrogen-bond donors (Lipinski definition) is 0. The minimum atomic E-state index is -0.491. The summed E-state index contributed by atoms with van der Waals surface area (Å²) in [4.78, 5) is 30.7. The van der Waals surface area contributed by atoms with Crippen LogP contribution in [-0.2, 0) is 22.6 Å². The number of ether oxygens (including phenoxy) is 1. The smallest absolute Gasteiger partial charge is 0.373 e. The zero-order chi connectivity index (χ0) is 22.2. The van der Waals surface area contributed by atoms with Gasteiger partial charge in [-0.2, -0.15) is 4.57 Å². The minimum absolute atomic E-state index is 0.0634. The highest BCUT2D eigenvalue weighted by Gasteiger charge is 2.27. The van der Waals surface area contributed by atoms with Gasteiger partial charge in [0.15, 0.2) is 12.4 Å². The Morgan fingerprint density at radius 3 is 2.72 bits per heavy atom. The summed E-state index contributed by atoms with van der Waals surface area (Å²) in [6.07, 6.45) is 3.73. The Hall–Kier alpha value is -3.80. The van der Waals surface area contributed by atoms with E-state index in [4.69, 9.17) is 9.72 Å². The Morgan fingerprint density at radius 1 is 1.16 bits per heavy atom. The number of hydrogen-bond acceptors (Lipinski definition) is 4. The van der Waals surface area contributed by atoms with E-state index in [9.17, 15) is 9.59 Å². The number of carbonyl (C=O) groups excluding carboxylic acids is 1. The van der Waals surface area contributed by atoms with Gasteiger partial charge in [0, 0.05) is 34.2 Å². The summed E-state index contributed by atoms with van der Waals surface area (Å²) in [6.45, 7) is 4.39. The summed E-state index contributed by atoms with van der Waals surface area (Å²) < 4.78 is 9.35. The molecule has 0 fully saturated rings. The van der Waals surface area contributed by atoms with E-state index in [1.807, 2.05) is 67.8 Å². The molecule has 0 aliphatic carbocycles. The Balaban J connectivity index is 1.51. The third-order valence-electron chi connectivity index (χ3n) is 6.04. The Labute approximate surface area is 185 Å². The highest BCUT2D eigenvalue weighted by Crippen LogP contribution is 2.34. The third-order valence-corrected chi connectivity index (χ3v) is 6.04. The monoisotopic (exact) mass is 426 g/mol. The van der Waals surface area contributed by atoms with Gasteiger partial charge in [-0.05, 0) is 31.5 Å². The zero-order valence-corrected chi connectivity index (χ0v) is 18.1. The van der Waals surface area contributed by atoms with Crippen molar-refractivity contribution in [3.63, 3.8) is 0 Å². The second-order valence-corrected chi connectivity index (χ2v) is 8.12. The van der Waals surface area contributed by atoms with E-state index >= 15 is 0 Å². The minimum Gasteiger partial charge on any atom is -0.453 e. The number of benzene rings is 1. The summed E-state index contributed by atoms with van der Waals surface area (Å²) in [7, 11) is 0. The molecule has 0 spiro atoms. The fraction of sp³-hybridized carbons (Fsp3) is 0.231. The van der Waals surface area contributed by atoms with Gasteiger partial charge in [0.25, 0.3) is 5.56 Å². The first-order valence-corrected chi connectivity index (χ1v) is 10.8. The van der Waals surface area contributed by atoms with Gasteiger partial charge in [-0.1, -0.05) is 31.2 Å². The molecule has 1 atom stereocenters. The number of nitrogens with zero attached hydrogens (tertiary/aromatic N) is 3. The van der Waals surface area contributed by atoms with Crippen molar-refractivity contribution in [1.29, 1.82) is 0 Å². The van der Waals surface area contributed by atoms with Crippen molar-refractivity contribution in [2.24, 2.45) is 0 Å². The zero-order valence-electron chi connectivity index (χ0n) is 18.1. The number of fused-ring (bicyclic) bond motifs is 4. The number of carbonyl (C=O) groups is 1. The molecule has 5 rings (SSSR count). The van der Waals surface area contributed by atoms with Crippen LogP contribution in [0.5, 0.6) is 0 Å². The molecule has 1 aromatic carbocycles. The summed E-state index contributed by atoms with van der Waals surface area (Å²) >= 11 is 0. The lowest BCUT2D eigenvalue weighted by Crippen LogP contribution is -2.38. The van der Waals surface area contributed by atoms with Crippen LogP contribution in [0.2, 0.25) is 0 Å². The van der Waals surface area contributed by atoms with Crippen molar-refractivity contribution in [2.45, 2.75) is 39.5 Å². The van der Waals surface area contributed by atoms with Crippen LogP contribution in [0.1, 0.15) is 36.1 Å². The van der Waals surface area contributed by atoms with Crippen LogP contribution in [0, 0.1) is 6.92 Å². The molecule has 4 heterocycles. The van der Waals surface area contributed by atoms with E-state index in [1.165, 1.54) is 0 Å². The van der Waals surface area contributed by atoms with Crippen LogP contribution in [0.25, 0.3) is 22.3 Å². The van der Waals surface area contributed by atoms with Crippen molar-refractivity contribution in [1.82, 2.24) is 9.55 Å². The molecule has 1 aliphatic heterocycles. The quantitative estimate of drug-likeness (QED) is 0.317. The first-order valence-electron chi connectivity index (χ1n) is 10.8. The van der Waals surface area contributed by atoms with Crippen LogP contribution in [-0.4, -0.2) is 15.5 Å². The maximum atomic E-state index is 13.2. The Kier molecular flexibility index (Phi) is 5.05. The molecule has 160 valence electrons. The molecule has 4 aromatic rings. The molecule has 1 unspecified atom stereocenters. The van der Waals surface area contributed by atoms with Gasteiger partial charge in [-0.15, -0.1) is 0 Å². The molecule has 32 heavy (non-hydrogen) atoms. The van der Waals surface area contributed by atoms with Gasteiger partial charge in [-0.25, -0.2) is 9.78 Å². The summed E-state index contributed by atoms with van der Waals surface area (Å²) in [5, 5.41) is 1.06. The predicted molar refractivity (Wildman–Crippen MR) is 121 cm³/mol. The number of aromatic nitrogens is 3. The lowest BCUT2D eigenvalue weighted by atomic mass is 10.0. The van der Waals surface area contributed by atoms with E-state index < -0.39 is 6.10 Å². The molecule has 0 radical (unpaired) electrons. The fourth-order valence-electron chi connectivity index (χ4n) is 4.38. The average Bonchev–Trinajstić information content (AvgIpc) is 3.16. The number of esters is 1. The van der Waals surface area contributed by atoms with Crippen molar-refractivity contribution < 1.29 is 14.1 Å². The summed E-state index contributed by atoms with van der Waals surface area (Å²) in [5.74, 6) is -0.336. The largest absolute Gasteiger partial charge is 0.453 e. The molecule has 0 amide bonds. The normalized spacial score (nSPS) is 12.9. The maximum Gasteiger partial charge on any atom is 0.373 e. The van der Waals surface area contributed by atoms with E-state index in [0.717, 1.165) is 33.4 Å². The second-order valence-electron chi connectivity index (χ2n) is 8.12. The summed E-state index contributed by atoms with van der Waals surface area (Å²) in [5.41, 5.74) is 4.82. The lowest BCUT2D eigenvalue weighted by molar-refractivity contribution is -0.686. The van der Waals surface area contributed by atoms with E-state index in [2.05, 4.69) is 6.07 Å². The van der Waals surface area contributed by atoms with Gasteiger partial charge in [0.1, 0.15) is 6.10 Å². The van der Waals surface area contributed by atoms with Gasteiger partial charge in [0.2, 0.25) is 6.54 Å². The third kappa shape index (κ3) is 3.47. The SMILES string of the molecule is CCC(OC(=O)C[n+]1ccccc1)c1cc2n(c(=O)c1C)Cc1cc3ccccc3nc1-2. The highest BCUT2D eigenvalue weighted by atomic mass is 16.5. The standard InChI is InChI=1S/C26H24N3O3/c1-3-23(32-24(30)16-28-11-7-4-8-12-28)20-14-22-25-19(15-29(22)26(31)17(20)2)13-18-9-5-6-10-21(18)27-25/h4-14,23H,3,15-16H2,1-2H3/q+1. The van der Waals surface area contributed by atoms with Gasteiger partial charge >= 0.3 is 5.97 Å². The van der Waals surface area contributed by atoms with Gasteiger partial charge < -0.3 is 9.30 Å². The van der Waals surface area contributed by atoms with Crippen molar-refractivity contribution in [3.05, 3.63) is 94.0 Å². The summed E-state index contributed by atoms with van der Waals surface area (Å²) in [6, 6.07) is 17.7. The predicted octanol–water partition coefficient (Wildman–Crippen LogP) is 3.72. The van der Waals surface area contributed by atoms with Crippen molar-refractivity contribution in [3.8, 4) is 11.4 Å². The highest BCUT2D eigenvalue weighted by molar-refractivity contribution is 5.84. The Bertz CT molecular complexity index is 1390. The van der Waals surface area contributed by atoms with Gasteiger partial charge in [-0.3, -0.25) is 4.79 Å². The topological polar surface area (TPSA) is 65.1 Å². The van der Waals surface area contributed by atoms with E-state index in [1.54, 1.807) is 16.1 Å². The van der Waals surface area contributed by atoms with Gasteiger partial charge in [0.05, 0.1) is 23.4 Å². The van der Waals surface area contributed by atoms with Crippen LogP contribution >= 0.6 is 0 Å². The van der Waals surface area contributed by atoms with Crippen LogP contribution in [0.3, 0.4) is 0 Å². The fourth-order valence-corrected chi connectivity index (χ4v) is 4.38. The number of rotatable bonds is 5. The van der Waals surface area contributed by atoms with Crippen LogP contribution < -0.4 is 10.1 Å². The van der Waals surface area contributed by atoms with Crippen molar-refractivity contribution in [2.75, 3.05) is 0 Å². The molecule has 6 nitrogen and oxygen atoms in total. The van der Waals surface area contributed by atoms with E-state index in [0.29, 0.717) is 18.5 Å². The molecule has 0 bridgehead atoms. The van der Waals surface area contributed by atoms with E-state index in [-0.39, 0.29) is 18.1 Å². The van der Waals surface area contributed by atoms with Crippen molar-refractivity contribution >= 4 is 16.9 Å².